The molecule has 1 saturated heterocycles. The summed E-state index contributed by atoms with van der Waals surface area (Å²) in [5.41, 5.74) is 0. The lowest BCUT2D eigenvalue weighted by molar-refractivity contribution is 0.0476. The van der Waals surface area contributed by atoms with Crippen LogP contribution in [0.4, 0.5) is 4.79 Å². The Morgan fingerprint density at radius 2 is 1.94 bits per heavy atom. The summed E-state index contributed by atoms with van der Waals surface area (Å²) < 4.78 is 32.0. The highest BCUT2D eigenvalue weighted by Gasteiger charge is 2.26. The number of likely N-dealkylation sites (tertiary alicyclic amines) is 1. The summed E-state index contributed by atoms with van der Waals surface area (Å²) in [4.78, 5) is 13.3. The van der Waals surface area contributed by atoms with E-state index in [1.165, 1.54) is 0 Å². The normalized spacial score (nSPS) is 19.6. The standard InChI is InChI=1S/C11H21NO5S/c1-4-9(2)16-11(13)12-7-5-10(6-8-12)17-18(3,14)15/h9-10H,4-8H2,1-3H3. The molecule has 6 nitrogen and oxygen atoms in total. The molecule has 1 unspecified atom stereocenters. The maximum Gasteiger partial charge on any atom is 0.410 e. The summed E-state index contributed by atoms with van der Waals surface area (Å²) in [6.07, 6.45) is 2.10. The van der Waals surface area contributed by atoms with E-state index in [9.17, 15) is 13.2 Å². The average molecular weight is 279 g/mol. The van der Waals surface area contributed by atoms with E-state index in [1.807, 2.05) is 13.8 Å². The Bertz CT molecular complexity index is 373. The highest BCUT2D eigenvalue weighted by molar-refractivity contribution is 7.86. The highest BCUT2D eigenvalue weighted by atomic mass is 32.2. The molecule has 0 saturated carbocycles. The van der Waals surface area contributed by atoms with Crippen LogP contribution < -0.4 is 0 Å². The number of nitrogens with zero attached hydrogens (tertiary/aromatic N) is 1. The van der Waals surface area contributed by atoms with Crippen molar-refractivity contribution in [2.75, 3.05) is 19.3 Å². The van der Waals surface area contributed by atoms with Crippen molar-refractivity contribution < 1.29 is 22.1 Å². The van der Waals surface area contributed by atoms with Gasteiger partial charge >= 0.3 is 6.09 Å². The van der Waals surface area contributed by atoms with Gasteiger partial charge in [-0.05, 0) is 26.2 Å². The summed E-state index contributed by atoms with van der Waals surface area (Å²) in [7, 11) is -3.42. The fourth-order valence-corrected chi connectivity index (χ4v) is 2.40. The molecule has 1 aliphatic heterocycles. The first-order valence-corrected chi connectivity index (χ1v) is 7.97. The van der Waals surface area contributed by atoms with Gasteiger partial charge in [0, 0.05) is 13.1 Å². The number of hydrogen-bond acceptors (Lipinski definition) is 5. The molecule has 1 aliphatic rings. The number of ether oxygens (including phenoxy) is 1. The average Bonchev–Trinajstić information content (AvgIpc) is 2.27. The van der Waals surface area contributed by atoms with E-state index in [1.54, 1.807) is 4.90 Å². The zero-order chi connectivity index (χ0) is 13.8. The Morgan fingerprint density at radius 3 is 2.39 bits per heavy atom. The lowest BCUT2D eigenvalue weighted by Gasteiger charge is -2.31. The van der Waals surface area contributed by atoms with Crippen molar-refractivity contribution in [2.24, 2.45) is 0 Å². The zero-order valence-corrected chi connectivity index (χ0v) is 11.9. The number of rotatable bonds is 4. The maximum atomic E-state index is 11.7. The Hall–Kier alpha value is -0.820. The SMILES string of the molecule is CCC(C)OC(=O)N1CCC(OS(C)(=O)=O)CC1. The molecule has 0 spiro atoms. The van der Waals surface area contributed by atoms with Crippen molar-refractivity contribution in [1.82, 2.24) is 4.90 Å². The van der Waals surface area contributed by atoms with Gasteiger partial charge in [-0.15, -0.1) is 0 Å². The van der Waals surface area contributed by atoms with E-state index in [0.29, 0.717) is 25.9 Å². The predicted octanol–water partition coefficient (Wildman–Crippen LogP) is 1.36. The van der Waals surface area contributed by atoms with Gasteiger partial charge < -0.3 is 9.64 Å². The van der Waals surface area contributed by atoms with Crippen LogP contribution >= 0.6 is 0 Å². The Labute approximate surface area is 108 Å². The van der Waals surface area contributed by atoms with Gasteiger partial charge in [0.1, 0.15) is 6.10 Å². The molecule has 0 bridgehead atoms. The van der Waals surface area contributed by atoms with Crippen LogP contribution in [0.2, 0.25) is 0 Å². The number of piperidine rings is 1. The molecule has 1 atom stereocenters. The molecule has 1 heterocycles. The van der Waals surface area contributed by atoms with E-state index in [-0.39, 0.29) is 18.3 Å². The largest absolute Gasteiger partial charge is 0.446 e. The molecule has 0 radical (unpaired) electrons. The van der Waals surface area contributed by atoms with Crippen LogP contribution in [0.15, 0.2) is 0 Å². The van der Waals surface area contributed by atoms with Gasteiger partial charge in [-0.1, -0.05) is 6.92 Å². The molecule has 0 aromatic carbocycles. The third-order valence-corrected chi connectivity index (χ3v) is 3.51. The van der Waals surface area contributed by atoms with Crippen LogP contribution in [0.25, 0.3) is 0 Å². The van der Waals surface area contributed by atoms with Gasteiger partial charge in [-0.25, -0.2) is 4.79 Å². The molecule has 7 heteroatoms. The molecular formula is C11H21NO5S. The summed E-state index contributed by atoms with van der Waals surface area (Å²) in [5.74, 6) is 0. The van der Waals surface area contributed by atoms with Gasteiger partial charge in [0.05, 0.1) is 12.4 Å². The number of carbonyl (C=O) groups excluding carboxylic acids is 1. The van der Waals surface area contributed by atoms with Gasteiger partial charge in [-0.3, -0.25) is 4.18 Å². The zero-order valence-electron chi connectivity index (χ0n) is 11.1. The lowest BCUT2D eigenvalue weighted by Crippen LogP contribution is -2.42. The first kappa shape index (κ1) is 15.2. The molecule has 1 rings (SSSR count). The van der Waals surface area contributed by atoms with Crippen molar-refractivity contribution >= 4 is 16.2 Å². The third-order valence-electron chi connectivity index (χ3n) is 2.89. The molecule has 0 aliphatic carbocycles. The van der Waals surface area contributed by atoms with Crippen LogP contribution in [-0.4, -0.2) is 51.0 Å². The number of carbonyl (C=O) groups is 1. The first-order valence-electron chi connectivity index (χ1n) is 6.15. The Kier molecular flexibility index (Phi) is 5.40. The van der Waals surface area contributed by atoms with Crippen LogP contribution in [0.5, 0.6) is 0 Å². The second kappa shape index (κ2) is 6.38. The van der Waals surface area contributed by atoms with Crippen molar-refractivity contribution in [3.63, 3.8) is 0 Å². The summed E-state index contributed by atoms with van der Waals surface area (Å²) >= 11 is 0. The summed E-state index contributed by atoms with van der Waals surface area (Å²) in [5, 5.41) is 0. The second-order valence-corrected chi connectivity index (χ2v) is 6.19. The Balaban J connectivity index is 2.37. The van der Waals surface area contributed by atoms with Crippen molar-refractivity contribution in [3.05, 3.63) is 0 Å². The van der Waals surface area contributed by atoms with Crippen LogP contribution in [0, 0.1) is 0 Å². The fourth-order valence-electron chi connectivity index (χ4n) is 1.71. The minimum atomic E-state index is -3.42. The molecule has 1 amide bonds. The highest BCUT2D eigenvalue weighted by Crippen LogP contribution is 2.16. The number of amides is 1. The van der Waals surface area contributed by atoms with Crippen LogP contribution in [-0.2, 0) is 19.0 Å². The van der Waals surface area contributed by atoms with Gasteiger partial charge in [0.15, 0.2) is 0 Å². The minimum absolute atomic E-state index is 0.0949. The van der Waals surface area contributed by atoms with Crippen molar-refractivity contribution in [2.45, 2.75) is 45.3 Å². The minimum Gasteiger partial charge on any atom is -0.446 e. The van der Waals surface area contributed by atoms with Gasteiger partial charge in [0.2, 0.25) is 0 Å². The van der Waals surface area contributed by atoms with Crippen molar-refractivity contribution in [3.8, 4) is 0 Å². The van der Waals surface area contributed by atoms with Gasteiger partial charge in [-0.2, -0.15) is 8.42 Å². The quantitative estimate of drug-likeness (QED) is 0.727. The number of hydrogen-bond donors (Lipinski definition) is 0. The van der Waals surface area contributed by atoms with Crippen molar-refractivity contribution in [1.29, 1.82) is 0 Å². The topological polar surface area (TPSA) is 72.9 Å². The summed E-state index contributed by atoms with van der Waals surface area (Å²) in [6.45, 7) is 4.73. The van der Waals surface area contributed by atoms with Crippen LogP contribution in [0.3, 0.4) is 0 Å². The molecule has 1 fully saturated rings. The predicted molar refractivity (Wildman–Crippen MR) is 66.8 cm³/mol. The molecular weight excluding hydrogens is 258 g/mol. The fraction of sp³-hybridized carbons (Fsp3) is 0.909. The van der Waals surface area contributed by atoms with E-state index >= 15 is 0 Å². The van der Waals surface area contributed by atoms with E-state index in [4.69, 9.17) is 8.92 Å². The molecule has 18 heavy (non-hydrogen) atoms. The molecule has 106 valence electrons. The van der Waals surface area contributed by atoms with E-state index < -0.39 is 10.1 Å². The third kappa shape index (κ3) is 5.22. The van der Waals surface area contributed by atoms with Gasteiger partial charge in [0.25, 0.3) is 10.1 Å². The van der Waals surface area contributed by atoms with E-state index in [0.717, 1.165) is 12.7 Å². The first-order chi connectivity index (χ1) is 8.31. The van der Waals surface area contributed by atoms with E-state index in [2.05, 4.69) is 0 Å². The molecule has 0 aromatic heterocycles. The second-order valence-electron chi connectivity index (χ2n) is 4.59. The maximum absolute atomic E-state index is 11.7. The summed E-state index contributed by atoms with van der Waals surface area (Å²) in [6, 6.07) is 0. The van der Waals surface area contributed by atoms with Crippen LogP contribution in [0.1, 0.15) is 33.1 Å². The Morgan fingerprint density at radius 1 is 1.39 bits per heavy atom. The molecule has 0 aromatic rings. The smallest absolute Gasteiger partial charge is 0.410 e. The lowest BCUT2D eigenvalue weighted by atomic mass is 10.1. The monoisotopic (exact) mass is 279 g/mol. The molecule has 0 N–H and O–H groups in total.